The molecule has 0 atom stereocenters. The predicted octanol–water partition coefficient (Wildman–Crippen LogP) is 5.00. The highest BCUT2D eigenvalue weighted by molar-refractivity contribution is 7.85. The molecule has 6 nitrogen and oxygen atoms in total. The molecule has 0 spiro atoms. The Morgan fingerprint density at radius 1 is 1.06 bits per heavy atom. The average Bonchev–Trinajstić information content (AvgIpc) is 3.16. The van der Waals surface area contributed by atoms with Crippen LogP contribution in [-0.2, 0) is 16.7 Å². The van der Waals surface area contributed by atoms with E-state index >= 15 is 0 Å². The Bertz CT molecular complexity index is 1450. The maximum atomic E-state index is 11.2. The van der Waals surface area contributed by atoms with Crippen molar-refractivity contribution in [3.05, 3.63) is 65.2 Å². The van der Waals surface area contributed by atoms with E-state index in [4.69, 9.17) is 0 Å². The van der Waals surface area contributed by atoms with Crippen LogP contribution in [0.4, 0.5) is 5.69 Å². The van der Waals surface area contributed by atoms with Crippen molar-refractivity contribution in [1.29, 1.82) is 0 Å². The predicted molar refractivity (Wildman–Crippen MR) is 139 cm³/mol. The van der Waals surface area contributed by atoms with E-state index in [1.807, 2.05) is 42.5 Å². The van der Waals surface area contributed by atoms with Crippen LogP contribution in [0.5, 0.6) is 5.75 Å². The average molecular weight is 497 g/mol. The van der Waals surface area contributed by atoms with Crippen LogP contribution in [0.25, 0.3) is 33.1 Å². The first-order chi connectivity index (χ1) is 16.3. The standard InChI is InChI=1S/C26H28N2O4S2/c1-3-27(4-2)21-13-10-20(23(29)18-21)12-15-25-28(16-7-17-34(30,31)32)26-22-9-6-5-8-19(22)11-14-24(26)33-25/h5-6,8-15,18H,3-4,7,16-17H2,1-2H3,(H,30,31,32). The molecule has 0 radical (unpaired) electrons. The molecule has 178 valence electrons. The Kier molecular flexibility index (Phi) is 7.21. The number of aromatic nitrogens is 1. The van der Waals surface area contributed by atoms with Crippen molar-refractivity contribution in [3.63, 3.8) is 0 Å². The minimum atomic E-state index is -4.28. The van der Waals surface area contributed by atoms with Crippen LogP contribution >= 0.6 is 11.3 Å². The molecule has 3 aromatic carbocycles. The Hall–Kier alpha value is -2.94. The summed E-state index contributed by atoms with van der Waals surface area (Å²) >= 11 is 1.60. The molecule has 0 aliphatic heterocycles. The maximum Gasteiger partial charge on any atom is 0.262 e. The lowest BCUT2D eigenvalue weighted by Gasteiger charge is -2.21. The van der Waals surface area contributed by atoms with E-state index in [0.29, 0.717) is 12.1 Å². The van der Waals surface area contributed by atoms with E-state index in [0.717, 1.165) is 44.8 Å². The molecule has 4 aromatic rings. The van der Waals surface area contributed by atoms with Crippen molar-refractivity contribution in [1.82, 2.24) is 0 Å². The molecule has 0 amide bonds. The number of hydrogen-bond acceptors (Lipinski definition) is 6. The van der Waals surface area contributed by atoms with Gasteiger partial charge in [-0.05, 0) is 49.6 Å². The summed E-state index contributed by atoms with van der Waals surface area (Å²) in [5, 5.41) is 13.7. The van der Waals surface area contributed by atoms with Gasteiger partial charge in [0.2, 0.25) is 5.52 Å². The summed E-state index contributed by atoms with van der Waals surface area (Å²) < 4.78 is 36.7. The maximum absolute atomic E-state index is 11.2. The van der Waals surface area contributed by atoms with Gasteiger partial charge < -0.3 is 14.6 Å². The smallest absolute Gasteiger partial charge is 0.262 e. The summed E-state index contributed by atoms with van der Waals surface area (Å²) in [7, 11) is -4.28. The first-order valence-electron chi connectivity index (χ1n) is 11.3. The van der Waals surface area contributed by atoms with E-state index in [1.54, 1.807) is 17.4 Å². The van der Waals surface area contributed by atoms with Gasteiger partial charge in [0.15, 0.2) is 6.54 Å². The zero-order chi connectivity index (χ0) is 24.3. The van der Waals surface area contributed by atoms with Crippen LogP contribution in [0.3, 0.4) is 0 Å². The van der Waals surface area contributed by atoms with E-state index in [-0.39, 0.29) is 12.2 Å². The van der Waals surface area contributed by atoms with Gasteiger partial charge in [-0.3, -0.25) is 0 Å². The lowest BCUT2D eigenvalue weighted by atomic mass is 10.1. The fourth-order valence-corrected chi connectivity index (χ4v) is 5.83. The van der Waals surface area contributed by atoms with Gasteiger partial charge >= 0.3 is 0 Å². The summed E-state index contributed by atoms with van der Waals surface area (Å²) in [5.41, 5.74) is 2.70. The number of benzene rings is 3. The molecule has 0 unspecified atom stereocenters. The molecular weight excluding hydrogens is 468 g/mol. The number of rotatable bonds is 9. The van der Waals surface area contributed by atoms with Gasteiger partial charge in [-0.2, -0.15) is 4.57 Å². The fraction of sp³-hybridized carbons (Fsp3) is 0.269. The normalized spacial score (nSPS) is 12.2. The van der Waals surface area contributed by atoms with Crippen LogP contribution in [0.2, 0.25) is 0 Å². The highest BCUT2D eigenvalue weighted by atomic mass is 32.2. The Balaban J connectivity index is 1.75. The molecule has 8 heteroatoms. The summed E-state index contributed by atoms with van der Waals surface area (Å²) in [4.78, 5) is 2.17. The second kappa shape index (κ2) is 10.1. The largest absolute Gasteiger partial charge is 0.748 e. The minimum Gasteiger partial charge on any atom is -0.748 e. The minimum absolute atomic E-state index is 0.205. The number of thiazole rings is 1. The van der Waals surface area contributed by atoms with Crippen LogP contribution in [-0.4, -0.2) is 36.9 Å². The van der Waals surface area contributed by atoms with Gasteiger partial charge in [0, 0.05) is 48.7 Å². The number of aromatic hydroxyl groups is 1. The Morgan fingerprint density at radius 3 is 2.53 bits per heavy atom. The van der Waals surface area contributed by atoms with Gasteiger partial charge in [0.25, 0.3) is 5.01 Å². The number of hydrogen-bond donors (Lipinski definition) is 1. The van der Waals surface area contributed by atoms with Crippen molar-refractivity contribution in [3.8, 4) is 5.75 Å². The molecule has 34 heavy (non-hydrogen) atoms. The first kappa shape index (κ1) is 24.2. The van der Waals surface area contributed by atoms with Crippen molar-refractivity contribution in [2.45, 2.75) is 26.8 Å². The molecule has 1 heterocycles. The second-order valence-electron chi connectivity index (χ2n) is 8.09. The number of aryl methyl sites for hydroxylation is 1. The first-order valence-corrected chi connectivity index (χ1v) is 13.7. The topological polar surface area (TPSA) is 84.6 Å². The molecule has 4 rings (SSSR count). The van der Waals surface area contributed by atoms with Gasteiger partial charge in [0.05, 0.1) is 15.5 Å². The van der Waals surface area contributed by atoms with E-state index in [1.165, 1.54) is 0 Å². The molecule has 0 saturated heterocycles. The van der Waals surface area contributed by atoms with Crippen molar-refractivity contribution >= 4 is 60.3 Å². The number of nitrogens with zero attached hydrogens (tertiary/aromatic N) is 2. The summed E-state index contributed by atoms with van der Waals surface area (Å²) in [6.45, 7) is 6.29. The van der Waals surface area contributed by atoms with Crippen LogP contribution in [0.15, 0.2) is 54.6 Å². The molecule has 0 aliphatic rings. The number of phenolic OH excluding ortho intramolecular Hbond substituents is 1. The van der Waals surface area contributed by atoms with Crippen LogP contribution in [0, 0.1) is 0 Å². The van der Waals surface area contributed by atoms with Crippen molar-refractivity contribution in [2.75, 3.05) is 23.7 Å². The Morgan fingerprint density at radius 2 is 1.82 bits per heavy atom. The van der Waals surface area contributed by atoms with E-state index in [9.17, 15) is 18.1 Å². The molecule has 1 aromatic heterocycles. The lowest BCUT2D eigenvalue weighted by Crippen LogP contribution is -2.36. The van der Waals surface area contributed by atoms with Gasteiger partial charge in [-0.25, -0.2) is 8.42 Å². The number of phenols is 1. The molecule has 0 fully saturated rings. The second-order valence-corrected chi connectivity index (χ2v) is 10.7. The summed E-state index contributed by atoms with van der Waals surface area (Å²) in [6, 6.07) is 17.9. The molecule has 1 N–H and O–H groups in total. The van der Waals surface area contributed by atoms with Gasteiger partial charge in [0.1, 0.15) is 10.4 Å². The third-order valence-corrected chi connectivity index (χ3v) is 7.84. The van der Waals surface area contributed by atoms with Gasteiger partial charge in [-0.1, -0.05) is 35.6 Å². The fourth-order valence-electron chi connectivity index (χ4n) is 4.24. The monoisotopic (exact) mass is 496 g/mol. The molecular formula is C26H28N2O4S2. The molecule has 0 bridgehead atoms. The quantitative estimate of drug-likeness (QED) is 0.260. The SMILES string of the molecule is CCN(CC)c1ccc(/C=C/c2sc3ccc4ccccc4c3[n+]2CCCS(=O)(=O)[O-])c(O)c1. The van der Waals surface area contributed by atoms with E-state index in [2.05, 4.69) is 41.5 Å². The highest BCUT2D eigenvalue weighted by Gasteiger charge is 2.21. The van der Waals surface area contributed by atoms with Crippen LogP contribution in [0.1, 0.15) is 30.8 Å². The number of fused-ring (bicyclic) bond motifs is 3. The highest BCUT2D eigenvalue weighted by Crippen LogP contribution is 2.30. The Labute approximate surface area is 204 Å². The van der Waals surface area contributed by atoms with Crippen molar-refractivity contribution in [2.24, 2.45) is 0 Å². The molecule has 0 saturated carbocycles. The zero-order valence-corrected chi connectivity index (χ0v) is 20.9. The van der Waals surface area contributed by atoms with Crippen LogP contribution < -0.4 is 9.47 Å². The number of anilines is 1. The van der Waals surface area contributed by atoms with E-state index < -0.39 is 15.9 Å². The third kappa shape index (κ3) is 5.24. The third-order valence-electron chi connectivity index (χ3n) is 5.94. The van der Waals surface area contributed by atoms with Gasteiger partial charge in [-0.15, -0.1) is 0 Å². The lowest BCUT2D eigenvalue weighted by molar-refractivity contribution is -0.667. The summed E-state index contributed by atoms with van der Waals surface area (Å²) in [5.74, 6) is -0.199. The summed E-state index contributed by atoms with van der Waals surface area (Å²) in [6.07, 6.45) is 4.04. The zero-order valence-electron chi connectivity index (χ0n) is 19.3. The van der Waals surface area contributed by atoms with Crippen molar-refractivity contribution < 1.29 is 22.6 Å². The molecule has 0 aliphatic carbocycles.